The number of nitriles is 1. The van der Waals surface area contributed by atoms with E-state index in [2.05, 4.69) is 14.8 Å². The van der Waals surface area contributed by atoms with Gasteiger partial charge in [0.2, 0.25) is 0 Å². The van der Waals surface area contributed by atoms with E-state index in [-0.39, 0.29) is 17.9 Å². The SMILES string of the molecule is CCOC(=O)/C(C#N)=C\Nc1ccc(OC(F)(F)F)cc1. The first kappa shape index (κ1) is 16.4. The van der Waals surface area contributed by atoms with Gasteiger partial charge in [-0.05, 0) is 31.2 Å². The molecule has 0 aliphatic rings. The molecule has 0 saturated heterocycles. The Bertz CT molecular complexity index is 560. The van der Waals surface area contributed by atoms with Crippen molar-refractivity contribution in [3.05, 3.63) is 36.0 Å². The number of esters is 1. The number of alkyl halides is 3. The van der Waals surface area contributed by atoms with Crippen molar-refractivity contribution in [2.45, 2.75) is 13.3 Å². The fourth-order valence-corrected chi connectivity index (χ4v) is 1.25. The molecule has 0 saturated carbocycles. The van der Waals surface area contributed by atoms with Crippen LogP contribution in [0.5, 0.6) is 5.75 Å². The Hall–Kier alpha value is -2.69. The quantitative estimate of drug-likeness (QED) is 0.514. The number of nitrogens with one attached hydrogen (secondary N) is 1. The van der Waals surface area contributed by atoms with Crippen molar-refractivity contribution in [2.75, 3.05) is 11.9 Å². The summed E-state index contributed by atoms with van der Waals surface area (Å²) in [6, 6.07) is 6.45. The molecule has 0 amide bonds. The number of carbonyl (C=O) groups is 1. The molecule has 0 aliphatic heterocycles. The average Bonchev–Trinajstić information content (AvgIpc) is 2.40. The van der Waals surface area contributed by atoms with E-state index in [1.165, 1.54) is 12.1 Å². The lowest BCUT2D eigenvalue weighted by Gasteiger charge is -2.09. The number of nitrogens with zero attached hydrogens (tertiary/aromatic N) is 1. The molecule has 0 bridgehead atoms. The summed E-state index contributed by atoms with van der Waals surface area (Å²) in [5, 5.41) is 11.4. The van der Waals surface area contributed by atoms with Crippen LogP contribution in [0.1, 0.15) is 6.92 Å². The number of halogens is 3. The minimum Gasteiger partial charge on any atom is -0.462 e. The molecule has 0 atom stereocenters. The molecule has 0 spiro atoms. The number of benzene rings is 1. The number of hydrogen-bond acceptors (Lipinski definition) is 5. The van der Waals surface area contributed by atoms with E-state index in [1.54, 1.807) is 13.0 Å². The van der Waals surface area contributed by atoms with E-state index >= 15 is 0 Å². The maximum Gasteiger partial charge on any atom is 0.573 e. The maximum absolute atomic E-state index is 12.0. The van der Waals surface area contributed by atoms with Crippen molar-refractivity contribution >= 4 is 11.7 Å². The van der Waals surface area contributed by atoms with Gasteiger partial charge in [0.15, 0.2) is 5.57 Å². The van der Waals surface area contributed by atoms with E-state index in [9.17, 15) is 18.0 Å². The van der Waals surface area contributed by atoms with Crippen LogP contribution >= 0.6 is 0 Å². The predicted octanol–water partition coefficient (Wildman–Crippen LogP) is 2.97. The lowest BCUT2D eigenvalue weighted by Crippen LogP contribution is -2.16. The Morgan fingerprint density at radius 3 is 2.48 bits per heavy atom. The Balaban J connectivity index is 2.71. The van der Waals surface area contributed by atoms with Gasteiger partial charge in [0.1, 0.15) is 11.8 Å². The zero-order valence-corrected chi connectivity index (χ0v) is 10.9. The van der Waals surface area contributed by atoms with Gasteiger partial charge >= 0.3 is 12.3 Å². The first-order chi connectivity index (χ1) is 9.85. The van der Waals surface area contributed by atoms with Crippen LogP contribution in [0.3, 0.4) is 0 Å². The normalized spacial score (nSPS) is 11.5. The van der Waals surface area contributed by atoms with Crippen molar-refractivity contribution < 1.29 is 27.4 Å². The van der Waals surface area contributed by atoms with Crippen LogP contribution < -0.4 is 10.1 Å². The Kier molecular flexibility index (Phi) is 5.60. The lowest BCUT2D eigenvalue weighted by molar-refractivity contribution is -0.274. The van der Waals surface area contributed by atoms with Gasteiger partial charge in [0.25, 0.3) is 0 Å². The third kappa shape index (κ3) is 5.86. The molecular formula is C13H11F3N2O3. The van der Waals surface area contributed by atoms with Gasteiger partial charge in [-0.15, -0.1) is 13.2 Å². The molecule has 1 rings (SSSR count). The standard InChI is InChI=1S/C13H11F3N2O3/c1-2-20-12(19)9(7-17)8-18-10-3-5-11(6-4-10)21-13(14,15)16/h3-6,8,18H,2H2,1H3/b9-8-. The highest BCUT2D eigenvalue weighted by Crippen LogP contribution is 2.23. The Morgan fingerprint density at radius 2 is 2.00 bits per heavy atom. The van der Waals surface area contributed by atoms with Gasteiger partial charge in [-0.3, -0.25) is 0 Å². The molecule has 1 aromatic rings. The van der Waals surface area contributed by atoms with Crippen LogP contribution in [-0.4, -0.2) is 18.9 Å². The summed E-state index contributed by atoms with van der Waals surface area (Å²) in [7, 11) is 0. The van der Waals surface area contributed by atoms with Crippen LogP contribution in [0, 0.1) is 11.3 Å². The first-order valence-corrected chi connectivity index (χ1v) is 5.75. The molecule has 8 heteroatoms. The second-order valence-electron chi connectivity index (χ2n) is 3.61. The minimum absolute atomic E-state index is 0.126. The zero-order valence-electron chi connectivity index (χ0n) is 10.9. The molecule has 0 heterocycles. The van der Waals surface area contributed by atoms with Crippen LogP contribution in [0.4, 0.5) is 18.9 Å². The minimum atomic E-state index is -4.76. The maximum atomic E-state index is 12.0. The summed E-state index contributed by atoms with van der Waals surface area (Å²) in [6.45, 7) is 1.72. The summed E-state index contributed by atoms with van der Waals surface area (Å²) in [4.78, 5) is 11.3. The van der Waals surface area contributed by atoms with E-state index in [0.29, 0.717) is 5.69 Å². The molecule has 0 unspecified atom stereocenters. The topological polar surface area (TPSA) is 71.4 Å². The number of hydrogen-bond donors (Lipinski definition) is 1. The van der Waals surface area contributed by atoms with E-state index in [0.717, 1.165) is 18.3 Å². The fourth-order valence-electron chi connectivity index (χ4n) is 1.25. The molecule has 0 aliphatic carbocycles. The van der Waals surface area contributed by atoms with Crippen LogP contribution in [0.15, 0.2) is 36.0 Å². The second-order valence-corrected chi connectivity index (χ2v) is 3.61. The Morgan fingerprint density at radius 1 is 1.38 bits per heavy atom. The van der Waals surface area contributed by atoms with Crippen molar-refractivity contribution in [1.29, 1.82) is 5.26 Å². The van der Waals surface area contributed by atoms with Gasteiger partial charge in [-0.1, -0.05) is 0 Å². The largest absolute Gasteiger partial charge is 0.573 e. The highest BCUT2D eigenvalue weighted by molar-refractivity contribution is 5.93. The Labute approximate surface area is 118 Å². The molecule has 0 aromatic heterocycles. The number of anilines is 1. The van der Waals surface area contributed by atoms with Gasteiger partial charge in [0.05, 0.1) is 6.61 Å². The van der Waals surface area contributed by atoms with Crippen LogP contribution in [0.2, 0.25) is 0 Å². The van der Waals surface area contributed by atoms with Gasteiger partial charge in [-0.25, -0.2) is 4.79 Å². The van der Waals surface area contributed by atoms with E-state index in [1.807, 2.05) is 0 Å². The number of carbonyl (C=O) groups excluding carboxylic acids is 1. The highest BCUT2D eigenvalue weighted by Gasteiger charge is 2.30. The summed E-state index contributed by atoms with van der Waals surface area (Å²) < 4.78 is 44.3. The summed E-state index contributed by atoms with van der Waals surface area (Å²) >= 11 is 0. The predicted molar refractivity (Wildman–Crippen MR) is 67.1 cm³/mol. The summed E-state index contributed by atoms with van der Waals surface area (Å²) in [5.74, 6) is -1.16. The monoisotopic (exact) mass is 300 g/mol. The molecule has 112 valence electrons. The van der Waals surface area contributed by atoms with Crippen molar-refractivity contribution in [1.82, 2.24) is 0 Å². The molecule has 0 fully saturated rings. The summed E-state index contributed by atoms with van der Waals surface area (Å²) in [6.07, 6.45) is -3.65. The fraction of sp³-hybridized carbons (Fsp3) is 0.231. The van der Waals surface area contributed by atoms with E-state index in [4.69, 9.17) is 5.26 Å². The second kappa shape index (κ2) is 7.19. The molecule has 21 heavy (non-hydrogen) atoms. The van der Waals surface area contributed by atoms with Crippen molar-refractivity contribution in [2.24, 2.45) is 0 Å². The zero-order chi connectivity index (χ0) is 15.9. The third-order valence-electron chi connectivity index (χ3n) is 2.09. The number of rotatable bonds is 5. The molecular weight excluding hydrogens is 289 g/mol. The van der Waals surface area contributed by atoms with Crippen LogP contribution in [-0.2, 0) is 9.53 Å². The highest BCUT2D eigenvalue weighted by atomic mass is 19.4. The smallest absolute Gasteiger partial charge is 0.462 e. The van der Waals surface area contributed by atoms with Crippen molar-refractivity contribution in [3.63, 3.8) is 0 Å². The summed E-state index contributed by atoms with van der Waals surface area (Å²) in [5.41, 5.74) is 0.119. The van der Waals surface area contributed by atoms with Crippen LogP contribution in [0.25, 0.3) is 0 Å². The molecule has 5 nitrogen and oxygen atoms in total. The molecule has 0 radical (unpaired) electrons. The average molecular weight is 300 g/mol. The van der Waals surface area contributed by atoms with Gasteiger partial charge in [-0.2, -0.15) is 5.26 Å². The molecule has 1 aromatic carbocycles. The van der Waals surface area contributed by atoms with Crippen molar-refractivity contribution in [3.8, 4) is 11.8 Å². The first-order valence-electron chi connectivity index (χ1n) is 5.75. The van der Waals surface area contributed by atoms with Gasteiger partial charge < -0.3 is 14.8 Å². The number of ether oxygens (including phenoxy) is 2. The van der Waals surface area contributed by atoms with E-state index < -0.39 is 12.3 Å². The molecule has 1 N–H and O–H groups in total. The lowest BCUT2D eigenvalue weighted by atomic mass is 10.3. The third-order valence-corrected chi connectivity index (χ3v) is 2.09. The van der Waals surface area contributed by atoms with Gasteiger partial charge in [0, 0.05) is 11.9 Å².